The topological polar surface area (TPSA) is 167 Å². The molecule has 1 aliphatic heterocycles. The quantitative estimate of drug-likeness (QED) is 0.337. The van der Waals surface area contributed by atoms with E-state index in [1.807, 2.05) is 0 Å². The molecule has 1 heterocycles. The summed E-state index contributed by atoms with van der Waals surface area (Å²) in [6, 6.07) is 0. The van der Waals surface area contributed by atoms with Crippen molar-refractivity contribution in [1.29, 1.82) is 0 Å². The molecule has 0 aromatic rings. The number of ether oxygens (including phenoxy) is 7. The first-order valence-electron chi connectivity index (χ1n) is 9.46. The maximum Gasteiger partial charge on any atom is 0.305 e. The fourth-order valence-corrected chi connectivity index (χ4v) is 2.97. The highest BCUT2D eigenvalue weighted by Crippen LogP contribution is 2.32. The van der Waals surface area contributed by atoms with Gasteiger partial charge in [0.2, 0.25) is 12.4 Å². The molecule has 1 rings (SSSR count). The van der Waals surface area contributed by atoms with E-state index < -0.39 is 79.2 Å². The molecule has 13 nitrogen and oxygen atoms in total. The molecule has 32 heavy (non-hydrogen) atoms. The van der Waals surface area contributed by atoms with Gasteiger partial charge in [0.1, 0.15) is 12.7 Å². The van der Waals surface area contributed by atoms with Gasteiger partial charge in [0.25, 0.3) is 0 Å². The zero-order valence-corrected chi connectivity index (χ0v) is 18.5. The lowest BCUT2D eigenvalue weighted by Crippen LogP contribution is -2.65. The third-order valence-electron chi connectivity index (χ3n) is 3.85. The normalized spacial score (nSPS) is 25.5. The van der Waals surface area contributed by atoms with Crippen molar-refractivity contribution in [3.63, 3.8) is 0 Å². The molecule has 0 bridgehead atoms. The Hall–Kier alpha value is -3.22. The zero-order chi connectivity index (χ0) is 24.6. The van der Waals surface area contributed by atoms with Crippen LogP contribution in [-0.4, -0.2) is 79.2 Å². The van der Waals surface area contributed by atoms with Gasteiger partial charge in [0.15, 0.2) is 18.3 Å². The van der Waals surface area contributed by atoms with Crippen LogP contribution in [0.5, 0.6) is 0 Å². The summed E-state index contributed by atoms with van der Waals surface area (Å²) in [7, 11) is 0. The second-order valence-electron chi connectivity index (χ2n) is 6.75. The number of hydrogen-bond acceptors (Lipinski definition) is 13. The van der Waals surface area contributed by atoms with Gasteiger partial charge in [0, 0.05) is 41.5 Å². The van der Waals surface area contributed by atoms with Crippen molar-refractivity contribution in [2.24, 2.45) is 0 Å². The summed E-state index contributed by atoms with van der Waals surface area (Å²) in [6.45, 7) is 5.83. The fraction of sp³-hybridized carbons (Fsp3) is 0.684. The number of hydrogen-bond donors (Lipinski definition) is 0. The van der Waals surface area contributed by atoms with Crippen LogP contribution in [0, 0.1) is 0 Å². The Labute approximate surface area is 183 Å². The lowest BCUT2D eigenvalue weighted by Gasteiger charge is -2.45. The maximum atomic E-state index is 11.8. The molecule has 0 spiro atoms. The Morgan fingerprint density at radius 1 is 0.625 bits per heavy atom. The molecular weight excluding hydrogens is 436 g/mol. The first kappa shape index (κ1) is 26.8. The summed E-state index contributed by atoms with van der Waals surface area (Å²) in [4.78, 5) is 69.7. The van der Waals surface area contributed by atoms with Crippen LogP contribution < -0.4 is 0 Å². The van der Waals surface area contributed by atoms with Crippen LogP contribution in [0.2, 0.25) is 0 Å². The minimum absolute atomic E-state index is 0.533. The van der Waals surface area contributed by atoms with Crippen molar-refractivity contribution in [3.8, 4) is 0 Å². The van der Waals surface area contributed by atoms with Crippen molar-refractivity contribution < 1.29 is 61.9 Å². The van der Waals surface area contributed by atoms with Gasteiger partial charge < -0.3 is 33.2 Å². The summed E-state index contributed by atoms with van der Waals surface area (Å²) in [6.07, 6.45) is -9.05. The standard InChI is InChI=1S/C19H26O13/c1-8(20)26-7-14(27-9(2)21)15-16(28-10(3)22)17(29-11(4)23)18(30-12(5)24)19(32-15)31-13(6)25/h14-19H,7H2,1-6H3. The Bertz CT molecular complexity index is 732. The van der Waals surface area contributed by atoms with Gasteiger partial charge in [0.05, 0.1) is 0 Å². The molecule has 1 saturated heterocycles. The van der Waals surface area contributed by atoms with Crippen molar-refractivity contribution in [2.75, 3.05) is 6.61 Å². The maximum absolute atomic E-state index is 11.8. The molecule has 0 aromatic carbocycles. The highest BCUT2D eigenvalue weighted by atomic mass is 16.7. The van der Waals surface area contributed by atoms with Gasteiger partial charge in [-0.1, -0.05) is 0 Å². The van der Waals surface area contributed by atoms with Crippen molar-refractivity contribution in [1.82, 2.24) is 0 Å². The first-order valence-corrected chi connectivity index (χ1v) is 9.46. The lowest BCUT2D eigenvalue weighted by molar-refractivity contribution is -0.310. The molecule has 0 aliphatic carbocycles. The molecule has 1 fully saturated rings. The third-order valence-corrected chi connectivity index (χ3v) is 3.85. The summed E-state index contributed by atoms with van der Waals surface area (Å²) >= 11 is 0. The van der Waals surface area contributed by atoms with E-state index in [-0.39, 0.29) is 0 Å². The average Bonchev–Trinajstić information content (AvgIpc) is 2.61. The molecule has 0 aromatic heterocycles. The predicted octanol–water partition coefficient (Wildman–Crippen LogP) is -0.436. The van der Waals surface area contributed by atoms with E-state index in [1.54, 1.807) is 0 Å². The average molecular weight is 462 g/mol. The molecular formula is C19H26O13. The molecule has 13 heteroatoms. The SMILES string of the molecule is CC(=O)OCC(OC(C)=O)C1OC(OC(C)=O)C(OC(C)=O)C(OC(C)=O)C1OC(C)=O. The van der Waals surface area contributed by atoms with Crippen LogP contribution >= 0.6 is 0 Å². The molecule has 6 unspecified atom stereocenters. The minimum atomic E-state index is -1.65. The van der Waals surface area contributed by atoms with Crippen LogP contribution in [0.15, 0.2) is 0 Å². The Balaban J connectivity index is 3.52. The Morgan fingerprint density at radius 3 is 1.53 bits per heavy atom. The molecule has 180 valence electrons. The number of carbonyl (C=O) groups excluding carboxylic acids is 6. The van der Waals surface area contributed by atoms with Crippen LogP contribution in [0.3, 0.4) is 0 Å². The van der Waals surface area contributed by atoms with Crippen molar-refractivity contribution in [3.05, 3.63) is 0 Å². The van der Waals surface area contributed by atoms with Gasteiger partial charge in [-0.2, -0.15) is 0 Å². The van der Waals surface area contributed by atoms with Crippen LogP contribution in [0.25, 0.3) is 0 Å². The molecule has 0 N–H and O–H groups in total. The van der Waals surface area contributed by atoms with E-state index in [2.05, 4.69) is 0 Å². The second-order valence-corrected chi connectivity index (χ2v) is 6.75. The zero-order valence-electron chi connectivity index (χ0n) is 18.5. The molecule has 1 aliphatic rings. The molecule has 0 radical (unpaired) electrons. The largest absolute Gasteiger partial charge is 0.462 e. The highest BCUT2D eigenvalue weighted by molar-refractivity contribution is 5.69. The number of rotatable bonds is 8. The lowest BCUT2D eigenvalue weighted by atomic mass is 9.94. The van der Waals surface area contributed by atoms with Gasteiger partial charge in [-0.15, -0.1) is 0 Å². The smallest absolute Gasteiger partial charge is 0.305 e. The van der Waals surface area contributed by atoms with E-state index in [0.29, 0.717) is 0 Å². The van der Waals surface area contributed by atoms with Crippen LogP contribution in [0.4, 0.5) is 0 Å². The van der Waals surface area contributed by atoms with Crippen molar-refractivity contribution in [2.45, 2.75) is 78.4 Å². The predicted molar refractivity (Wildman–Crippen MR) is 99.3 cm³/mol. The van der Waals surface area contributed by atoms with E-state index in [9.17, 15) is 28.8 Å². The highest BCUT2D eigenvalue weighted by Gasteiger charge is 2.56. The van der Waals surface area contributed by atoms with Gasteiger partial charge in [-0.05, 0) is 0 Å². The Morgan fingerprint density at radius 2 is 1.09 bits per heavy atom. The fourth-order valence-electron chi connectivity index (χ4n) is 2.97. The third kappa shape index (κ3) is 8.49. The second kappa shape index (κ2) is 12.0. The van der Waals surface area contributed by atoms with Gasteiger partial charge in [-0.25, -0.2) is 0 Å². The molecule has 0 amide bonds. The number of carbonyl (C=O) groups is 6. The van der Waals surface area contributed by atoms with Crippen LogP contribution in [-0.2, 0) is 61.9 Å². The van der Waals surface area contributed by atoms with E-state index in [1.165, 1.54) is 0 Å². The van der Waals surface area contributed by atoms with E-state index >= 15 is 0 Å². The molecule has 6 atom stereocenters. The monoisotopic (exact) mass is 462 g/mol. The minimum Gasteiger partial charge on any atom is -0.462 e. The van der Waals surface area contributed by atoms with Crippen molar-refractivity contribution >= 4 is 35.8 Å². The van der Waals surface area contributed by atoms with Gasteiger partial charge in [-0.3, -0.25) is 28.8 Å². The van der Waals surface area contributed by atoms with E-state index in [4.69, 9.17) is 33.2 Å². The van der Waals surface area contributed by atoms with Crippen LogP contribution in [0.1, 0.15) is 41.5 Å². The Kier molecular flexibility index (Phi) is 10.0. The van der Waals surface area contributed by atoms with Gasteiger partial charge >= 0.3 is 35.8 Å². The number of esters is 6. The first-order chi connectivity index (χ1) is 14.8. The summed E-state index contributed by atoms with van der Waals surface area (Å²) < 4.78 is 36.4. The van der Waals surface area contributed by atoms with E-state index in [0.717, 1.165) is 41.5 Å². The molecule has 0 saturated carbocycles. The summed E-state index contributed by atoms with van der Waals surface area (Å²) in [5, 5.41) is 0. The summed E-state index contributed by atoms with van der Waals surface area (Å²) in [5.41, 5.74) is 0. The summed E-state index contributed by atoms with van der Waals surface area (Å²) in [5.74, 6) is -4.90.